The summed E-state index contributed by atoms with van der Waals surface area (Å²) < 4.78 is 28.9. The summed E-state index contributed by atoms with van der Waals surface area (Å²) >= 11 is 0. The van der Waals surface area contributed by atoms with Crippen LogP contribution in [0, 0.1) is 50.2 Å². The number of allylic oxidation sites excluding steroid dienone is 2. The second kappa shape index (κ2) is 15.0. The van der Waals surface area contributed by atoms with Crippen molar-refractivity contribution >= 4 is 11.9 Å². The Morgan fingerprint density at radius 2 is 1.47 bits per heavy atom. The van der Waals surface area contributed by atoms with Crippen LogP contribution in [-0.2, 0) is 33.3 Å². The van der Waals surface area contributed by atoms with E-state index in [1.807, 2.05) is 13.8 Å². The van der Waals surface area contributed by atoms with Crippen LogP contribution in [-0.4, -0.2) is 141 Å². The van der Waals surface area contributed by atoms with Crippen LogP contribution in [0.15, 0.2) is 11.6 Å². The van der Waals surface area contributed by atoms with E-state index in [1.165, 1.54) is 7.11 Å². The van der Waals surface area contributed by atoms with Gasteiger partial charge in [0.25, 0.3) is 0 Å². The van der Waals surface area contributed by atoms with Crippen molar-refractivity contribution in [2.24, 2.45) is 50.2 Å². The maximum atomic E-state index is 14.7. The average Bonchev–Trinajstić information content (AvgIpc) is 3.19. The Labute approximate surface area is 334 Å². The predicted molar refractivity (Wildman–Crippen MR) is 199 cm³/mol. The van der Waals surface area contributed by atoms with Gasteiger partial charge in [0.2, 0.25) is 6.29 Å². The molecule has 2 aliphatic heterocycles. The second-order valence-corrected chi connectivity index (χ2v) is 19.9. The lowest BCUT2D eigenvalue weighted by Crippen LogP contribution is -2.67. The average molecular weight is 811 g/mol. The minimum absolute atomic E-state index is 0.0371. The van der Waals surface area contributed by atoms with Gasteiger partial charge in [0.05, 0.1) is 43.9 Å². The first-order valence-electron chi connectivity index (χ1n) is 20.9. The van der Waals surface area contributed by atoms with Crippen molar-refractivity contribution in [3.8, 4) is 0 Å². The first kappa shape index (κ1) is 43.3. The summed E-state index contributed by atoms with van der Waals surface area (Å²) in [6, 6.07) is 0. The zero-order valence-electron chi connectivity index (χ0n) is 34.2. The molecule has 15 heteroatoms. The van der Waals surface area contributed by atoms with E-state index in [1.54, 1.807) is 0 Å². The molecule has 6 fully saturated rings. The van der Waals surface area contributed by atoms with Crippen LogP contribution >= 0.6 is 0 Å². The fourth-order valence-corrected chi connectivity index (χ4v) is 13.6. The van der Waals surface area contributed by atoms with E-state index in [0.717, 1.165) is 24.8 Å². The second-order valence-electron chi connectivity index (χ2n) is 19.9. The number of rotatable bonds is 7. The summed E-state index contributed by atoms with van der Waals surface area (Å²) in [5.41, 5.74) is -2.43. The number of fused-ring (bicyclic) bond motifs is 7. The quantitative estimate of drug-likeness (QED) is 0.102. The Hall–Kier alpha value is -1.76. The minimum atomic E-state index is -1.74. The van der Waals surface area contributed by atoms with Gasteiger partial charge in [-0.05, 0) is 105 Å². The number of esters is 2. The van der Waals surface area contributed by atoms with Crippen molar-refractivity contribution in [1.82, 2.24) is 0 Å². The molecule has 15 nitrogen and oxygen atoms in total. The molecule has 0 aromatic rings. The Bertz CT molecular complexity index is 1570. The molecule has 0 spiro atoms. The van der Waals surface area contributed by atoms with Crippen LogP contribution in [0.2, 0.25) is 0 Å². The fourth-order valence-electron chi connectivity index (χ4n) is 13.6. The lowest BCUT2D eigenvalue weighted by atomic mass is 9.33. The molecule has 0 aromatic heterocycles. The molecule has 7 aliphatic rings. The van der Waals surface area contributed by atoms with Gasteiger partial charge in [-0.1, -0.05) is 39.3 Å². The van der Waals surface area contributed by atoms with Crippen LogP contribution in [0.3, 0.4) is 0 Å². The van der Waals surface area contributed by atoms with E-state index in [2.05, 4.69) is 26.8 Å². The van der Waals surface area contributed by atoms with E-state index in [4.69, 9.17) is 23.7 Å². The van der Waals surface area contributed by atoms with Gasteiger partial charge in [-0.3, -0.25) is 9.59 Å². The molecular formula is C42H66O15. The molecule has 8 N–H and O–H groups in total. The number of aliphatic hydroxyl groups is 8. The summed E-state index contributed by atoms with van der Waals surface area (Å²) in [4.78, 5) is 28.1. The van der Waals surface area contributed by atoms with Gasteiger partial charge in [0.1, 0.15) is 42.7 Å². The Morgan fingerprint density at radius 3 is 2.14 bits per heavy atom. The molecule has 6 unspecified atom stereocenters. The van der Waals surface area contributed by atoms with Gasteiger partial charge < -0.3 is 64.5 Å². The van der Waals surface area contributed by atoms with Crippen molar-refractivity contribution in [2.75, 3.05) is 26.9 Å². The zero-order valence-corrected chi connectivity index (χ0v) is 34.2. The summed E-state index contributed by atoms with van der Waals surface area (Å²) in [5, 5.41) is 83.6. The van der Waals surface area contributed by atoms with Gasteiger partial charge in [0, 0.05) is 5.41 Å². The molecule has 0 aromatic carbocycles. The Morgan fingerprint density at radius 1 is 0.789 bits per heavy atom. The van der Waals surface area contributed by atoms with Crippen molar-refractivity contribution in [1.29, 1.82) is 0 Å². The van der Waals surface area contributed by atoms with Crippen LogP contribution in [0.1, 0.15) is 98.8 Å². The molecule has 0 radical (unpaired) electrons. The van der Waals surface area contributed by atoms with Crippen molar-refractivity contribution in [2.45, 2.75) is 160 Å². The zero-order chi connectivity index (χ0) is 41.7. The van der Waals surface area contributed by atoms with Gasteiger partial charge in [-0.15, -0.1) is 0 Å². The third kappa shape index (κ3) is 6.30. The molecule has 324 valence electrons. The van der Waals surface area contributed by atoms with Gasteiger partial charge in [-0.2, -0.15) is 0 Å². The Kier molecular flexibility index (Phi) is 11.4. The molecule has 57 heavy (non-hydrogen) atoms. The first-order valence-corrected chi connectivity index (χ1v) is 20.9. The van der Waals surface area contributed by atoms with E-state index in [-0.39, 0.29) is 41.8 Å². The summed E-state index contributed by atoms with van der Waals surface area (Å²) in [5.74, 6) is -1.16. The predicted octanol–water partition coefficient (Wildman–Crippen LogP) is 1.08. The number of hydrogen-bond donors (Lipinski definition) is 8. The summed E-state index contributed by atoms with van der Waals surface area (Å²) in [6.45, 7) is 9.94. The summed E-state index contributed by atoms with van der Waals surface area (Å²) in [6.07, 6.45) is -5.49. The minimum Gasteiger partial charge on any atom is -0.469 e. The number of methoxy groups -OCH3 is 1. The summed E-state index contributed by atoms with van der Waals surface area (Å²) in [7, 11) is 1.37. The SMILES string of the molecule is COC(=O)[C@@]1(C)CC[C@]2(C(=O)O[C@@H]3OC(CO)[C@@H](O)[C@H](O)C3O)CC[C@]3(C)C(=CCC4[C@@]5(C)CC[C@H](O[C@H]6OC[C@H](O)[C@H](O)C6O)[C@@](C)(CO)C5CC[C@]43C)C2C1. The molecule has 0 bridgehead atoms. The van der Waals surface area contributed by atoms with Crippen LogP contribution < -0.4 is 0 Å². The number of hydrogen-bond acceptors (Lipinski definition) is 15. The first-order chi connectivity index (χ1) is 26.7. The van der Waals surface area contributed by atoms with Crippen molar-refractivity contribution < 1.29 is 74.1 Å². The molecule has 5 aliphatic carbocycles. The van der Waals surface area contributed by atoms with Gasteiger partial charge in [0.15, 0.2) is 6.29 Å². The molecule has 4 saturated carbocycles. The van der Waals surface area contributed by atoms with Crippen LogP contribution in [0.4, 0.5) is 0 Å². The topological polar surface area (TPSA) is 242 Å². The molecule has 0 amide bonds. The van der Waals surface area contributed by atoms with Gasteiger partial charge in [-0.25, -0.2) is 0 Å². The highest BCUT2D eigenvalue weighted by molar-refractivity contribution is 5.81. The molecule has 2 heterocycles. The number of carbonyl (C=O) groups is 2. The largest absolute Gasteiger partial charge is 0.469 e. The van der Waals surface area contributed by atoms with Crippen molar-refractivity contribution in [3.05, 3.63) is 11.6 Å². The van der Waals surface area contributed by atoms with Gasteiger partial charge >= 0.3 is 11.9 Å². The lowest BCUT2D eigenvalue weighted by molar-refractivity contribution is -0.312. The number of carbonyl (C=O) groups excluding carboxylic acids is 2. The van der Waals surface area contributed by atoms with E-state index in [0.29, 0.717) is 44.9 Å². The smallest absolute Gasteiger partial charge is 0.315 e. The van der Waals surface area contributed by atoms with Crippen LogP contribution in [0.5, 0.6) is 0 Å². The maximum absolute atomic E-state index is 14.7. The lowest BCUT2D eigenvalue weighted by Gasteiger charge is -2.71. The molecule has 7 rings (SSSR count). The normalized spacial score (nSPS) is 53.6. The standard InChI is InChI=1S/C42H66O15/c1-37(35(51)53-6)13-15-42(36(52)57-34-32(50)30(48)29(47)24(18-43)55-34)16-14-40(4)21(22(42)17-37)7-8-26-38(2)11-10-27(56-33-31(49)28(46)23(45)19-54-33)39(3,20-44)25(38)9-12-41(26,40)5/h7,22-34,43-50H,8-20H2,1-6H3/t22?,23-,24?,25?,26?,27-,28-,29+,30-,31?,32?,33+,34-,37-,38-,39-,40+,41+,42-/m0/s1. The molecule has 2 saturated heterocycles. The molecular weight excluding hydrogens is 744 g/mol. The highest BCUT2D eigenvalue weighted by Gasteiger charge is 2.71. The fraction of sp³-hybridized carbons (Fsp3) is 0.905. The maximum Gasteiger partial charge on any atom is 0.315 e. The van der Waals surface area contributed by atoms with E-state index < -0.39 is 102 Å². The monoisotopic (exact) mass is 810 g/mol. The van der Waals surface area contributed by atoms with E-state index >= 15 is 0 Å². The Balaban J connectivity index is 1.21. The number of ether oxygens (including phenoxy) is 5. The van der Waals surface area contributed by atoms with Crippen molar-refractivity contribution in [3.63, 3.8) is 0 Å². The number of aliphatic hydroxyl groups excluding tert-OH is 8. The highest BCUT2D eigenvalue weighted by atomic mass is 16.7. The highest BCUT2D eigenvalue weighted by Crippen LogP contribution is 2.76. The van der Waals surface area contributed by atoms with Crippen LogP contribution in [0.25, 0.3) is 0 Å². The molecule has 19 atom stereocenters. The van der Waals surface area contributed by atoms with E-state index in [9.17, 15) is 50.4 Å². The third-order valence-electron chi connectivity index (χ3n) is 17.4. The third-order valence-corrected chi connectivity index (χ3v) is 17.4.